The Morgan fingerprint density at radius 2 is 2.33 bits per heavy atom. The molecule has 0 saturated heterocycles. The van der Waals surface area contributed by atoms with Crippen molar-refractivity contribution in [3.05, 3.63) is 10.4 Å². The van der Waals surface area contributed by atoms with Crippen LogP contribution in [0.2, 0.25) is 0 Å². The molecule has 0 fully saturated rings. The van der Waals surface area contributed by atoms with Gasteiger partial charge in [-0.15, -0.1) is 0 Å². The summed E-state index contributed by atoms with van der Waals surface area (Å²) in [7, 11) is 0. The molecule has 0 aliphatic rings. The zero-order valence-corrected chi connectivity index (χ0v) is 5.81. The highest BCUT2D eigenvalue weighted by Gasteiger charge is 2.18. The minimum atomic E-state index is -2.87. The van der Waals surface area contributed by atoms with Gasteiger partial charge in [0, 0.05) is 11.5 Å². The molecule has 8 heteroatoms. The van der Waals surface area contributed by atoms with Crippen LogP contribution in [0.4, 0.5) is 13.6 Å². The van der Waals surface area contributed by atoms with Crippen molar-refractivity contribution in [1.82, 2.24) is 5.32 Å². The SMILES string of the molecule is [N-]=[N+]=NC(CNC(=O)O)C(F)F. The van der Waals surface area contributed by atoms with Crippen molar-refractivity contribution in [1.29, 1.82) is 0 Å². The average molecular weight is 180 g/mol. The predicted octanol–water partition coefficient (Wildman–Crippen LogP) is 1.20. The maximum atomic E-state index is 11.8. The van der Waals surface area contributed by atoms with Gasteiger partial charge in [0.25, 0.3) is 0 Å². The summed E-state index contributed by atoms with van der Waals surface area (Å²) in [5.74, 6) is 0. The monoisotopic (exact) mass is 180 g/mol. The van der Waals surface area contributed by atoms with Gasteiger partial charge in [-0.05, 0) is 5.53 Å². The van der Waals surface area contributed by atoms with Crippen molar-refractivity contribution in [2.75, 3.05) is 6.54 Å². The third-order valence-corrected chi connectivity index (χ3v) is 0.953. The van der Waals surface area contributed by atoms with E-state index in [4.69, 9.17) is 10.6 Å². The van der Waals surface area contributed by atoms with Crippen LogP contribution in [-0.4, -0.2) is 30.2 Å². The highest BCUT2D eigenvalue weighted by Crippen LogP contribution is 2.04. The van der Waals surface area contributed by atoms with Gasteiger partial charge >= 0.3 is 6.09 Å². The molecule has 0 bridgehead atoms. The fraction of sp³-hybridized carbons (Fsp3) is 0.750. The first kappa shape index (κ1) is 10.4. The van der Waals surface area contributed by atoms with E-state index in [0.29, 0.717) is 0 Å². The van der Waals surface area contributed by atoms with Crippen molar-refractivity contribution >= 4 is 6.09 Å². The molecule has 0 aromatic carbocycles. The van der Waals surface area contributed by atoms with Crippen molar-refractivity contribution in [2.45, 2.75) is 12.5 Å². The highest BCUT2D eigenvalue weighted by molar-refractivity contribution is 5.64. The fourth-order valence-corrected chi connectivity index (χ4v) is 0.439. The van der Waals surface area contributed by atoms with Crippen molar-refractivity contribution in [3.63, 3.8) is 0 Å². The lowest BCUT2D eigenvalue weighted by Crippen LogP contribution is -2.33. The number of rotatable bonds is 4. The maximum Gasteiger partial charge on any atom is 0.404 e. The van der Waals surface area contributed by atoms with Crippen molar-refractivity contribution in [2.24, 2.45) is 5.11 Å². The Kier molecular flexibility index (Phi) is 4.47. The number of hydrogen-bond acceptors (Lipinski definition) is 2. The van der Waals surface area contributed by atoms with Gasteiger partial charge in [-0.3, -0.25) is 0 Å². The van der Waals surface area contributed by atoms with Crippen LogP contribution in [0.15, 0.2) is 5.11 Å². The molecule has 0 rings (SSSR count). The average Bonchev–Trinajstić information content (AvgIpc) is 1.96. The van der Waals surface area contributed by atoms with Crippen LogP contribution in [0.5, 0.6) is 0 Å². The van der Waals surface area contributed by atoms with Gasteiger partial charge < -0.3 is 10.4 Å². The number of hydrogen-bond donors (Lipinski definition) is 2. The Balaban J connectivity index is 3.96. The molecule has 6 nitrogen and oxygen atoms in total. The Hall–Kier alpha value is -1.56. The van der Waals surface area contributed by atoms with Crippen molar-refractivity contribution < 1.29 is 18.7 Å². The number of halogens is 2. The first-order chi connectivity index (χ1) is 5.57. The third-order valence-electron chi connectivity index (χ3n) is 0.953. The van der Waals surface area contributed by atoms with Gasteiger partial charge in [-0.25, -0.2) is 13.6 Å². The third kappa shape index (κ3) is 4.29. The molecule has 0 aliphatic heterocycles. The number of alkyl halides is 2. The minimum absolute atomic E-state index is 0.586. The van der Waals surface area contributed by atoms with Crippen LogP contribution in [0.25, 0.3) is 10.4 Å². The molecule has 0 heterocycles. The fourth-order valence-electron chi connectivity index (χ4n) is 0.439. The van der Waals surface area contributed by atoms with Crippen LogP contribution in [-0.2, 0) is 0 Å². The Morgan fingerprint density at radius 1 is 1.75 bits per heavy atom. The second kappa shape index (κ2) is 5.14. The molecule has 1 unspecified atom stereocenters. The molecule has 0 spiro atoms. The summed E-state index contributed by atoms with van der Waals surface area (Å²) in [5, 5.41) is 12.4. The van der Waals surface area contributed by atoms with Crippen LogP contribution >= 0.6 is 0 Å². The Morgan fingerprint density at radius 3 is 2.67 bits per heavy atom. The molecule has 1 atom stereocenters. The van der Waals surface area contributed by atoms with Crippen LogP contribution < -0.4 is 5.32 Å². The number of nitrogens with zero attached hydrogens (tertiary/aromatic N) is 3. The van der Waals surface area contributed by atoms with E-state index in [1.54, 1.807) is 5.32 Å². The van der Waals surface area contributed by atoms with Crippen LogP contribution in [0, 0.1) is 0 Å². The number of azide groups is 1. The lowest BCUT2D eigenvalue weighted by atomic mass is 10.3. The lowest BCUT2D eigenvalue weighted by Gasteiger charge is -2.08. The van der Waals surface area contributed by atoms with E-state index in [2.05, 4.69) is 10.0 Å². The standard InChI is InChI=1S/C4H6F2N4O2/c5-3(6)2(9-10-7)1-8-4(11)12/h2-3,8H,1H2,(H,11,12). The van der Waals surface area contributed by atoms with E-state index >= 15 is 0 Å². The molecule has 2 N–H and O–H groups in total. The van der Waals surface area contributed by atoms with Gasteiger partial charge in [0.05, 0.1) is 0 Å². The van der Waals surface area contributed by atoms with Gasteiger partial charge in [0.1, 0.15) is 6.04 Å². The predicted molar refractivity (Wildman–Crippen MR) is 35.0 cm³/mol. The molecular formula is C4H6F2N4O2. The molecular weight excluding hydrogens is 174 g/mol. The van der Waals surface area contributed by atoms with E-state index in [0.717, 1.165) is 0 Å². The van der Waals surface area contributed by atoms with E-state index < -0.39 is 25.1 Å². The second-order valence-electron chi connectivity index (χ2n) is 1.79. The van der Waals surface area contributed by atoms with E-state index in [9.17, 15) is 13.6 Å². The number of amides is 1. The summed E-state index contributed by atoms with van der Waals surface area (Å²) in [6, 6.07) is -1.65. The number of nitrogens with one attached hydrogen (secondary N) is 1. The first-order valence-corrected chi connectivity index (χ1v) is 2.87. The van der Waals surface area contributed by atoms with Gasteiger partial charge in [0.2, 0.25) is 6.43 Å². The second-order valence-corrected chi connectivity index (χ2v) is 1.79. The number of carboxylic acid groups (broad SMARTS) is 1. The van der Waals surface area contributed by atoms with Gasteiger partial charge in [-0.1, -0.05) is 5.11 Å². The maximum absolute atomic E-state index is 11.8. The minimum Gasteiger partial charge on any atom is -0.465 e. The quantitative estimate of drug-likeness (QED) is 0.386. The molecule has 0 aromatic rings. The Bertz CT molecular complexity index is 203. The molecule has 12 heavy (non-hydrogen) atoms. The van der Waals surface area contributed by atoms with Crippen molar-refractivity contribution in [3.8, 4) is 0 Å². The van der Waals surface area contributed by atoms with Crippen LogP contribution in [0.3, 0.4) is 0 Å². The molecule has 0 aliphatic carbocycles. The largest absolute Gasteiger partial charge is 0.465 e. The summed E-state index contributed by atoms with van der Waals surface area (Å²) >= 11 is 0. The molecule has 0 radical (unpaired) electrons. The molecule has 68 valence electrons. The Labute approximate surface area is 65.8 Å². The first-order valence-electron chi connectivity index (χ1n) is 2.87. The zero-order chi connectivity index (χ0) is 9.56. The van der Waals surface area contributed by atoms with E-state index in [1.807, 2.05) is 0 Å². The summed E-state index contributed by atoms with van der Waals surface area (Å²) < 4.78 is 23.7. The molecule has 0 aromatic heterocycles. The summed E-state index contributed by atoms with van der Waals surface area (Å²) in [5.41, 5.74) is 7.80. The smallest absolute Gasteiger partial charge is 0.404 e. The van der Waals surface area contributed by atoms with Gasteiger partial charge in [0.15, 0.2) is 0 Å². The van der Waals surface area contributed by atoms with E-state index in [-0.39, 0.29) is 0 Å². The zero-order valence-electron chi connectivity index (χ0n) is 5.81. The lowest BCUT2D eigenvalue weighted by molar-refractivity contribution is 0.114. The highest BCUT2D eigenvalue weighted by atomic mass is 19.3. The summed E-state index contributed by atoms with van der Waals surface area (Å²) in [6.45, 7) is -0.586. The number of carbonyl (C=O) groups is 1. The molecule has 0 saturated carbocycles. The summed E-state index contributed by atoms with van der Waals surface area (Å²) in [4.78, 5) is 12.0. The van der Waals surface area contributed by atoms with E-state index in [1.165, 1.54) is 0 Å². The van der Waals surface area contributed by atoms with Gasteiger partial charge in [-0.2, -0.15) is 0 Å². The summed E-state index contributed by atoms with van der Waals surface area (Å²) in [6.07, 6.45) is -4.30. The molecule has 1 amide bonds. The van der Waals surface area contributed by atoms with Crippen LogP contribution in [0.1, 0.15) is 0 Å². The topological polar surface area (TPSA) is 98.1 Å². The normalized spacial score (nSPS) is 11.9.